The first-order chi connectivity index (χ1) is 10.6. The summed E-state index contributed by atoms with van der Waals surface area (Å²) in [6.45, 7) is 1.72. The number of amides is 1. The fourth-order valence-electron chi connectivity index (χ4n) is 2.97. The van der Waals surface area contributed by atoms with Gasteiger partial charge in [0.15, 0.2) is 0 Å². The number of fused-ring (bicyclic) bond motifs is 1. The summed E-state index contributed by atoms with van der Waals surface area (Å²) in [5.74, 6) is -0.367. The highest BCUT2D eigenvalue weighted by Gasteiger charge is 2.27. The van der Waals surface area contributed by atoms with Gasteiger partial charge in [0.25, 0.3) is 11.6 Å². The Kier molecular flexibility index (Phi) is 3.94. The van der Waals surface area contributed by atoms with Crippen molar-refractivity contribution in [2.45, 2.75) is 32.2 Å². The van der Waals surface area contributed by atoms with Crippen molar-refractivity contribution in [1.29, 1.82) is 0 Å². The number of carbonyl (C=O) groups is 1. The van der Waals surface area contributed by atoms with Gasteiger partial charge >= 0.3 is 0 Å². The number of rotatable bonds is 3. The van der Waals surface area contributed by atoms with E-state index in [-0.39, 0.29) is 23.2 Å². The van der Waals surface area contributed by atoms with Gasteiger partial charge in [-0.2, -0.15) is 0 Å². The number of hydrogen-bond donors (Lipinski definition) is 1. The third kappa shape index (κ3) is 2.62. The largest absolute Gasteiger partial charge is 0.345 e. The summed E-state index contributed by atoms with van der Waals surface area (Å²) in [5.41, 5.74) is 1.79. The van der Waals surface area contributed by atoms with E-state index in [0.29, 0.717) is 5.56 Å². The zero-order valence-electron chi connectivity index (χ0n) is 12.2. The van der Waals surface area contributed by atoms with Crippen LogP contribution in [0.15, 0.2) is 29.6 Å². The van der Waals surface area contributed by atoms with Crippen LogP contribution in [0.1, 0.15) is 45.2 Å². The van der Waals surface area contributed by atoms with Gasteiger partial charge < -0.3 is 5.32 Å². The van der Waals surface area contributed by atoms with E-state index in [0.717, 1.165) is 24.8 Å². The molecule has 3 rings (SSSR count). The molecule has 1 heterocycles. The van der Waals surface area contributed by atoms with Gasteiger partial charge in [0.1, 0.15) is 5.56 Å². The number of carbonyl (C=O) groups excluding carboxylic acids is 1. The van der Waals surface area contributed by atoms with Crippen molar-refractivity contribution in [3.63, 3.8) is 0 Å². The van der Waals surface area contributed by atoms with Gasteiger partial charge in [0.05, 0.1) is 11.0 Å². The predicted molar refractivity (Wildman–Crippen MR) is 85.3 cm³/mol. The summed E-state index contributed by atoms with van der Waals surface area (Å²) >= 11 is 1.70. The molecule has 1 aliphatic rings. The van der Waals surface area contributed by atoms with Gasteiger partial charge in [-0.05, 0) is 48.8 Å². The molecule has 22 heavy (non-hydrogen) atoms. The summed E-state index contributed by atoms with van der Waals surface area (Å²) in [4.78, 5) is 24.5. The van der Waals surface area contributed by atoms with Gasteiger partial charge in [0.2, 0.25) is 0 Å². The van der Waals surface area contributed by atoms with Crippen LogP contribution >= 0.6 is 11.3 Å². The maximum absolute atomic E-state index is 12.6. The first kappa shape index (κ1) is 14.7. The zero-order chi connectivity index (χ0) is 15.7. The first-order valence-electron chi connectivity index (χ1n) is 7.19. The van der Waals surface area contributed by atoms with Crippen molar-refractivity contribution in [3.8, 4) is 0 Å². The van der Waals surface area contributed by atoms with Crippen LogP contribution in [0.2, 0.25) is 0 Å². The number of thiophene rings is 1. The lowest BCUT2D eigenvalue weighted by Crippen LogP contribution is -2.31. The Labute approximate surface area is 132 Å². The highest BCUT2D eigenvalue weighted by molar-refractivity contribution is 7.10. The third-order valence-corrected chi connectivity index (χ3v) is 5.03. The second-order valence-electron chi connectivity index (χ2n) is 5.44. The van der Waals surface area contributed by atoms with Crippen LogP contribution in [-0.2, 0) is 6.42 Å². The smallest absolute Gasteiger partial charge is 0.282 e. The van der Waals surface area contributed by atoms with E-state index >= 15 is 0 Å². The molecule has 0 aliphatic heterocycles. The Morgan fingerprint density at radius 1 is 1.41 bits per heavy atom. The van der Waals surface area contributed by atoms with Crippen molar-refractivity contribution >= 4 is 22.9 Å². The molecule has 1 atom stereocenters. The number of nitrogens with one attached hydrogen (secondary N) is 1. The minimum atomic E-state index is -0.501. The van der Waals surface area contributed by atoms with Crippen LogP contribution in [0.25, 0.3) is 0 Å². The van der Waals surface area contributed by atoms with E-state index in [1.54, 1.807) is 30.4 Å². The molecule has 0 spiro atoms. The maximum Gasteiger partial charge on any atom is 0.282 e. The van der Waals surface area contributed by atoms with E-state index in [2.05, 4.69) is 5.32 Å². The van der Waals surface area contributed by atoms with E-state index in [1.807, 2.05) is 11.4 Å². The quantitative estimate of drug-likeness (QED) is 0.692. The average molecular weight is 316 g/mol. The summed E-state index contributed by atoms with van der Waals surface area (Å²) < 4.78 is 0. The van der Waals surface area contributed by atoms with Crippen molar-refractivity contribution < 1.29 is 9.72 Å². The minimum Gasteiger partial charge on any atom is -0.345 e. The third-order valence-electron chi connectivity index (χ3n) is 4.03. The molecule has 1 aromatic heterocycles. The number of benzene rings is 1. The molecule has 5 nitrogen and oxygen atoms in total. The van der Waals surface area contributed by atoms with Crippen molar-refractivity contribution in [2.24, 2.45) is 0 Å². The van der Waals surface area contributed by atoms with Gasteiger partial charge in [-0.25, -0.2) is 0 Å². The highest BCUT2D eigenvalue weighted by Crippen LogP contribution is 2.34. The summed E-state index contributed by atoms with van der Waals surface area (Å²) in [7, 11) is 0. The van der Waals surface area contributed by atoms with Gasteiger partial charge in [0, 0.05) is 10.9 Å². The van der Waals surface area contributed by atoms with Crippen LogP contribution in [0.3, 0.4) is 0 Å². The van der Waals surface area contributed by atoms with Crippen LogP contribution in [0, 0.1) is 17.0 Å². The molecule has 1 aliphatic carbocycles. The predicted octanol–water partition coefficient (Wildman–Crippen LogP) is 3.77. The molecule has 2 aromatic rings. The first-order valence-corrected chi connectivity index (χ1v) is 8.07. The number of nitro benzene ring substituents is 1. The molecule has 1 unspecified atom stereocenters. The van der Waals surface area contributed by atoms with Crippen LogP contribution in [0.4, 0.5) is 5.69 Å². The van der Waals surface area contributed by atoms with Crippen LogP contribution < -0.4 is 5.32 Å². The van der Waals surface area contributed by atoms with Crippen LogP contribution in [-0.4, -0.2) is 10.8 Å². The summed E-state index contributed by atoms with van der Waals surface area (Å²) in [6.07, 6.45) is 2.94. The molecule has 0 bridgehead atoms. The molecule has 0 radical (unpaired) electrons. The van der Waals surface area contributed by atoms with Gasteiger partial charge in [-0.3, -0.25) is 14.9 Å². The molecular formula is C16H16N2O3S. The number of aryl methyl sites for hydroxylation is 2. The fraction of sp³-hybridized carbons (Fsp3) is 0.312. The van der Waals surface area contributed by atoms with E-state index in [4.69, 9.17) is 0 Å². The molecule has 114 valence electrons. The van der Waals surface area contributed by atoms with E-state index in [9.17, 15) is 14.9 Å². The average Bonchev–Trinajstić information content (AvgIpc) is 2.96. The molecule has 1 aromatic carbocycles. The highest BCUT2D eigenvalue weighted by atomic mass is 32.1. The molecular weight excluding hydrogens is 300 g/mol. The Bertz CT molecular complexity index is 739. The van der Waals surface area contributed by atoms with E-state index < -0.39 is 4.92 Å². The number of nitrogens with zero attached hydrogens (tertiary/aromatic N) is 1. The number of hydrogen-bond acceptors (Lipinski definition) is 4. The lowest BCUT2D eigenvalue weighted by Gasteiger charge is -2.24. The van der Waals surface area contributed by atoms with Crippen molar-refractivity contribution in [3.05, 3.63) is 61.3 Å². The monoisotopic (exact) mass is 316 g/mol. The van der Waals surface area contributed by atoms with E-state index in [1.165, 1.54) is 10.9 Å². The normalized spacial score (nSPS) is 16.9. The van der Waals surface area contributed by atoms with Gasteiger partial charge in [-0.1, -0.05) is 12.1 Å². The lowest BCUT2D eigenvalue weighted by atomic mass is 9.93. The SMILES string of the molecule is Cc1cccc([N+](=O)[O-])c1C(=O)NC1CCCc2sccc21. The molecule has 0 saturated carbocycles. The molecule has 1 amide bonds. The molecule has 1 N–H and O–H groups in total. The zero-order valence-corrected chi connectivity index (χ0v) is 13.0. The van der Waals surface area contributed by atoms with Crippen LogP contribution in [0.5, 0.6) is 0 Å². The summed E-state index contributed by atoms with van der Waals surface area (Å²) in [5, 5.41) is 16.2. The Morgan fingerprint density at radius 3 is 3.00 bits per heavy atom. The van der Waals surface area contributed by atoms with Crippen molar-refractivity contribution in [1.82, 2.24) is 5.32 Å². The standard InChI is InChI=1S/C16H16N2O3S/c1-10-4-2-6-13(18(20)21)15(10)16(19)17-12-5-3-7-14-11(12)8-9-22-14/h2,4,6,8-9,12H,3,5,7H2,1H3,(H,17,19). The van der Waals surface area contributed by atoms with Gasteiger partial charge in [-0.15, -0.1) is 11.3 Å². The maximum atomic E-state index is 12.6. The lowest BCUT2D eigenvalue weighted by molar-refractivity contribution is -0.385. The Balaban J connectivity index is 1.90. The second kappa shape index (κ2) is 5.88. The Morgan fingerprint density at radius 2 is 2.23 bits per heavy atom. The Hall–Kier alpha value is -2.21. The van der Waals surface area contributed by atoms with Crippen molar-refractivity contribution in [2.75, 3.05) is 0 Å². The molecule has 6 heteroatoms. The molecule has 0 fully saturated rings. The summed E-state index contributed by atoms with van der Waals surface area (Å²) in [6, 6.07) is 6.68. The molecule has 0 saturated heterocycles. The fourth-order valence-corrected chi connectivity index (χ4v) is 3.95. The second-order valence-corrected chi connectivity index (χ2v) is 6.44. The number of nitro groups is 1. The topological polar surface area (TPSA) is 72.2 Å². The minimum absolute atomic E-state index is 0.0540.